The van der Waals surface area contributed by atoms with Crippen LogP contribution in [0.15, 0.2) is 51.8 Å². The van der Waals surface area contributed by atoms with Crippen LogP contribution in [0.3, 0.4) is 0 Å². The molecule has 0 spiro atoms. The van der Waals surface area contributed by atoms with Crippen LogP contribution in [0.2, 0.25) is 0 Å². The van der Waals surface area contributed by atoms with Crippen LogP contribution < -0.4 is 9.83 Å². The molecule has 1 N–H and O–H groups in total. The minimum atomic E-state index is -3.63. The van der Waals surface area contributed by atoms with Gasteiger partial charge in [0.1, 0.15) is 0 Å². The molecule has 6 heteroatoms. The van der Waals surface area contributed by atoms with E-state index in [1.807, 2.05) is 0 Å². The van der Waals surface area contributed by atoms with Gasteiger partial charge in [-0.1, -0.05) is 45.4 Å². The molecular formula is C13H11BrNO3S-. The second kappa shape index (κ2) is 5.22. The van der Waals surface area contributed by atoms with Gasteiger partial charge in [0.05, 0.1) is 10.6 Å². The minimum absolute atomic E-state index is 0.150. The fourth-order valence-corrected chi connectivity index (χ4v) is 3.22. The Morgan fingerprint density at radius 2 is 1.79 bits per heavy atom. The smallest absolute Gasteiger partial charge is 0.261 e. The van der Waals surface area contributed by atoms with Crippen molar-refractivity contribution in [1.82, 2.24) is 0 Å². The third-order valence-corrected chi connectivity index (χ3v) is 4.52. The zero-order valence-corrected chi connectivity index (χ0v) is 12.5. The van der Waals surface area contributed by atoms with Gasteiger partial charge in [0.25, 0.3) is 10.0 Å². The van der Waals surface area contributed by atoms with Gasteiger partial charge in [0.15, 0.2) is 0 Å². The van der Waals surface area contributed by atoms with E-state index in [9.17, 15) is 13.5 Å². The molecule has 0 fully saturated rings. The molecule has 0 heterocycles. The normalized spacial score (nSPS) is 11.3. The van der Waals surface area contributed by atoms with E-state index in [2.05, 4.69) is 20.7 Å². The molecule has 0 aliphatic carbocycles. The van der Waals surface area contributed by atoms with Crippen molar-refractivity contribution >= 4 is 31.6 Å². The summed E-state index contributed by atoms with van der Waals surface area (Å²) in [7, 11) is -3.63. The van der Waals surface area contributed by atoms with Gasteiger partial charge in [-0.25, -0.2) is 8.42 Å². The highest BCUT2D eigenvalue weighted by molar-refractivity contribution is 9.10. The molecule has 0 radical (unpaired) electrons. The molecule has 100 valence electrons. The van der Waals surface area contributed by atoms with E-state index in [-0.39, 0.29) is 10.6 Å². The standard InChI is InChI=1S/C13H12BrNO3S/c1-9-7-10(8-12(14)13(9)16)15-19(17,18)11-5-3-2-4-6-11/h2-8,15-16H,1H3/p-1. The summed E-state index contributed by atoms with van der Waals surface area (Å²) in [5, 5.41) is 11.5. The summed E-state index contributed by atoms with van der Waals surface area (Å²) in [4.78, 5) is 0.176. The quantitative estimate of drug-likeness (QED) is 0.933. The molecule has 0 amide bonds. The van der Waals surface area contributed by atoms with Crippen LogP contribution >= 0.6 is 15.9 Å². The van der Waals surface area contributed by atoms with Crippen LogP contribution in [0.1, 0.15) is 5.56 Å². The lowest BCUT2D eigenvalue weighted by Crippen LogP contribution is -2.13. The molecular weight excluding hydrogens is 330 g/mol. The van der Waals surface area contributed by atoms with Gasteiger partial charge in [-0.2, -0.15) is 0 Å². The summed E-state index contributed by atoms with van der Waals surface area (Å²) in [5.41, 5.74) is 0.827. The number of benzene rings is 2. The van der Waals surface area contributed by atoms with Crippen LogP contribution in [0, 0.1) is 6.92 Å². The number of hydrogen-bond donors (Lipinski definition) is 1. The fourth-order valence-electron chi connectivity index (χ4n) is 1.60. The third kappa shape index (κ3) is 3.08. The Morgan fingerprint density at radius 3 is 2.37 bits per heavy atom. The molecule has 0 saturated carbocycles. The van der Waals surface area contributed by atoms with Crippen molar-refractivity contribution in [3.63, 3.8) is 0 Å². The number of hydrogen-bond acceptors (Lipinski definition) is 3. The summed E-state index contributed by atoms with van der Waals surface area (Å²) in [6.45, 7) is 1.63. The Bertz CT molecular complexity index is 676. The fraction of sp³-hybridized carbons (Fsp3) is 0.0769. The zero-order chi connectivity index (χ0) is 14.0. The average Bonchev–Trinajstić information content (AvgIpc) is 2.36. The van der Waals surface area contributed by atoms with Crippen LogP contribution in [0.25, 0.3) is 0 Å². The molecule has 4 nitrogen and oxygen atoms in total. The van der Waals surface area contributed by atoms with Crippen molar-refractivity contribution in [1.29, 1.82) is 0 Å². The Morgan fingerprint density at radius 1 is 1.16 bits per heavy atom. The molecule has 0 aromatic heterocycles. The Hall–Kier alpha value is -1.53. The predicted molar refractivity (Wildman–Crippen MR) is 75.6 cm³/mol. The maximum atomic E-state index is 12.1. The van der Waals surface area contributed by atoms with Crippen molar-refractivity contribution in [2.75, 3.05) is 4.72 Å². The van der Waals surface area contributed by atoms with E-state index in [0.29, 0.717) is 15.7 Å². The number of nitrogens with one attached hydrogen (secondary N) is 1. The van der Waals surface area contributed by atoms with Crippen LogP contribution in [0.4, 0.5) is 5.69 Å². The summed E-state index contributed by atoms with van der Waals surface area (Å²) in [6, 6.07) is 11.0. The number of anilines is 1. The van der Waals surface area contributed by atoms with Gasteiger partial charge in [-0.15, -0.1) is 0 Å². The molecule has 0 atom stereocenters. The first-order chi connectivity index (χ1) is 8.90. The van der Waals surface area contributed by atoms with Crippen LogP contribution in [-0.4, -0.2) is 8.42 Å². The van der Waals surface area contributed by atoms with E-state index in [1.54, 1.807) is 25.1 Å². The largest absolute Gasteiger partial charge is 0.872 e. The third-order valence-electron chi connectivity index (χ3n) is 2.54. The molecule has 0 bridgehead atoms. The Balaban J connectivity index is 2.37. The highest BCUT2D eigenvalue weighted by Gasteiger charge is 2.13. The van der Waals surface area contributed by atoms with E-state index >= 15 is 0 Å². The maximum Gasteiger partial charge on any atom is 0.261 e. The van der Waals surface area contributed by atoms with E-state index in [0.717, 1.165) is 0 Å². The molecule has 0 aliphatic rings. The lowest BCUT2D eigenvalue weighted by Gasteiger charge is -2.16. The minimum Gasteiger partial charge on any atom is -0.872 e. The summed E-state index contributed by atoms with van der Waals surface area (Å²) < 4.78 is 27.0. The number of rotatable bonds is 3. The Kier molecular flexibility index (Phi) is 3.82. The first kappa shape index (κ1) is 13.9. The van der Waals surface area contributed by atoms with E-state index in [4.69, 9.17) is 0 Å². The van der Waals surface area contributed by atoms with Gasteiger partial charge < -0.3 is 5.11 Å². The summed E-state index contributed by atoms with van der Waals surface area (Å²) in [6.07, 6.45) is 0. The average molecular weight is 341 g/mol. The molecule has 2 rings (SSSR count). The second-order valence-corrected chi connectivity index (χ2v) is 6.56. The van der Waals surface area contributed by atoms with Crippen molar-refractivity contribution < 1.29 is 13.5 Å². The van der Waals surface area contributed by atoms with Crippen LogP contribution in [-0.2, 0) is 10.0 Å². The van der Waals surface area contributed by atoms with Crippen molar-refractivity contribution in [3.8, 4) is 5.75 Å². The number of sulfonamides is 1. The highest BCUT2D eigenvalue weighted by atomic mass is 79.9. The van der Waals surface area contributed by atoms with Crippen molar-refractivity contribution in [2.45, 2.75) is 11.8 Å². The van der Waals surface area contributed by atoms with Gasteiger partial charge in [0, 0.05) is 4.47 Å². The summed E-state index contributed by atoms with van der Waals surface area (Å²) in [5.74, 6) is -0.150. The van der Waals surface area contributed by atoms with Crippen LogP contribution in [0.5, 0.6) is 5.75 Å². The first-order valence-corrected chi connectivity index (χ1v) is 7.73. The predicted octanol–water partition coefficient (Wildman–Crippen LogP) is 2.63. The maximum absolute atomic E-state index is 12.1. The van der Waals surface area contributed by atoms with E-state index < -0.39 is 10.0 Å². The topological polar surface area (TPSA) is 69.2 Å². The molecule has 19 heavy (non-hydrogen) atoms. The number of halogens is 1. The SMILES string of the molecule is Cc1cc(NS(=O)(=O)c2ccccc2)cc(Br)c1[O-]. The Labute approximate surface area is 120 Å². The lowest BCUT2D eigenvalue weighted by molar-refractivity contribution is -0.270. The lowest BCUT2D eigenvalue weighted by atomic mass is 10.2. The monoisotopic (exact) mass is 340 g/mol. The van der Waals surface area contributed by atoms with Crippen molar-refractivity contribution in [3.05, 3.63) is 52.5 Å². The first-order valence-electron chi connectivity index (χ1n) is 5.45. The molecule has 0 saturated heterocycles. The van der Waals surface area contributed by atoms with E-state index in [1.165, 1.54) is 24.3 Å². The van der Waals surface area contributed by atoms with Gasteiger partial charge in [-0.3, -0.25) is 4.72 Å². The van der Waals surface area contributed by atoms with Gasteiger partial charge >= 0.3 is 0 Å². The zero-order valence-electron chi connectivity index (χ0n) is 10.1. The highest BCUT2D eigenvalue weighted by Crippen LogP contribution is 2.29. The summed E-state index contributed by atoms with van der Waals surface area (Å²) >= 11 is 3.11. The molecule has 2 aromatic carbocycles. The molecule has 2 aromatic rings. The molecule has 0 aliphatic heterocycles. The van der Waals surface area contributed by atoms with Gasteiger partial charge in [-0.05, 0) is 31.2 Å². The number of aryl methyl sites for hydroxylation is 1. The second-order valence-electron chi connectivity index (χ2n) is 4.02. The van der Waals surface area contributed by atoms with Gasteiger partial charge in [0.2, 0.25) is 0 Å². The van der Waals surface area contributed by atoms with Crippen molar-refractivity contribution in [2.24, 2.45) is 0 Å². The molecule has 0 unspecified atom stereocenters.